The molecule has 1 aromatic heterocycles. The van der Waals surface area contributed by atoms with Gasteiger partial charge in [-0.3, -0.25) is 0 Å². The molecule has 0 bridgehead atoms. The quantitative estimate of drug-likeness (QED) is 0.616. The summed E-state index contributed by atoms with van der Waals surface area (Å²) in [5, 5.41) is 9.66. The molecular formula is C12H5Cl4NO2. The first-order chi connectivity index (χ1) is 8.91. The van der Waals surface area contributed by atoms with E-state index in [1.807, 2.05) is 0 Å². The number of benzene rings is 1. The minimum absolute atomic E-state index is 0.0903. The molecule has 0 saturated carbocycles. The van der Waals surface area contributed by atoms with Crippen molar-refractivity contribution in [3.05, 3.63) is 50.2 Å². The molecule has 0 aliphatic carbocycles. The maximum absolute atomic E-state index is 11.0. The number of hydrogen-bond acceptors (Lipinski definition) is 2. The third-order valence-corrected chi connectivity index (χ3v) is 4.01. The molecule has 1 aromatic carbocycles. The number of carbonyl (C=O) groups is 1. The normalized spacial score (nSPS) is 10.5. The molecule has 0 saturated heterocycles. The van der Waals surface area contributed by atoms with Crippen molar-refractivity contribution in [3.63, 3.8) is 0 Å². The van der Waals surface area contributed by atoms with Gasteiger partial charge in [0.1, 0.15) is 5.15 Å². The van der Waals surface area contributed by atoms with Crippen LogP contribution >= 0.6 is 46.4 Å². The van der Waals surface area contributed by atoms with Crippen LogP contribution in [0.4, 0.5) is 0 Å². The Morgan fingerprint density at radius 2 is 1.79 bits per heavy atom. The molecule has 2 aromatic rings. The van der Waals surface area contributed by atoms with Crippen LogP contribution in [0, 0.1) is 0 Å². The van der Waals surface area contributed by atoms with Gasteiger partial charge in [-0.25, -0.2) is 9.78 Å². The summed E-state index contributed by atoms with van der Waals surface area (Å²) in [6.07, 6.45) is 1.42. The van der Waals surface area contributed by atoms with Gasteiger partial charge in [-0.1, -0.05) is 52.5 Å². The fraction of sp³-hybridized carbons (Fsp3) is 0. The third kappa shape index (κ3) is 2.79. The Morgan fingerprint density at radius 1 is 1.11 bits per heavy atom. The van der Waals surface area contributed by atoms with Crippen molar-refractivity contribution in [2.24, 2.45) is 0 Å². The van der Waals surface area contributed by atoms with Gasteiger partial charge in [0.15, 0.2) is 0 Å². The summed E-state index contributed by atoms with van der Waals surface area (Å²) in [4.78, 5) is 14.8. The topological polar surface area (TPSA) is 50.2 Å². The molecule has 0 aliphatic rings. The van der Waals surface area contributed by atoms with Crippen LogP contribution in [0.15, 0.2) is 24.4 Å². The van der Waals surface area contributed by atoms with Gasteiger partial charge in [-0.15, -0.1) is 0 Å². The lowest BCUT2D eigenvalue weighted by Crippen LogP contribution is -1.99. The third-order valence-electron chi connectivity index (χ3n) is 2.42. The first-order valence-corrected chi connectivity index (χ1v) is 6.45. The molecule has 0 amide bonds. The van der Waals surface area contributed by atoms with Gasteiger partial charge in [0.25, 0.3) is 0 Å². The van der Waals surface area contributed by atoms with Crippen molar-refractivity contribution in [1.82, 2.24) is 4.98 Å². The van der Waals surface area contributed by atoms with Gasteiger partial charge in [0.05, 0.1) is 20.6 Å². The SMILES string of the molecule is O=C(O)c1cc(-c2ccc(Cl)c(Cl)c2Cl)cnc1Cl. The lowest BCUT2D eigenvalue weighted by Gasteiger charge is -2.08. The molecule has 0 fully saturated rings. The Bertz CT molecular complexity index is 673. The number of aromatic carboxylic acids is 1. The van der Waals surface area contributed by atoms with E-state index in [4.69, 9.17) is 51.5 Å². The standard InChI is InChI=1S/C12H5Cl4NO2/c13-8-2-1-6(9(14)10(8)15)5-3-7(12(18)19)11(16)17-4-5/h1-4H,(H,18,19). The minimum Gasteiger partial charge on any atom is -0.478 e. The van der Waals surface area contributed by atoms with Gasteiger partial charge < -0.3 is 5.11 Å². The fourth-order valence-electron chi connectivity index (χ4n) is 1.49. The average molecular weight is 337 g/mol. The van der Waals surface area contributed by atoms with Crippen molar-refractivity contribution in [1.29, 1.82) is 0 Å². The molecule has 0 spiro atoms. The van der Waals surface area contributed by atoms with E-state index in [9.17, 15) is 4.79 Å². The Balaban J connectivity index is 2.63. The average Bonchev–Trinajstić information content (AvgIpc) is 2.37. The van der Waals surface area contributed by atoms with E-state index in [0.717, 1.165) is 0 Å². The van der Waals surface area contributed by atoms with Crippen LogP contribution in [-0.4, -0.2) is 16.1 Å². The van der Waals surface area contributed by atoms with Gasteiger partial charge in [0, 0.05) is 17.3 Å². The molecule has 2 rings (SSSR count). The van der Waals surface area contributed by atoms with E-state index >= 15 is 0 Å². The summed E-state index contributed by atoms with van der Waals surface area (Å²) >= 11 is 23.6. The molecule has 1 heterocycles. The second-order valence-corrected chi connectivity index (χ2v) is 5.11. The van der Waals surface area contributed by atoms with Crippen molar-refractivity contribution in [2.75, 3.05) is 0 Å². The van der Waals surface area contributed by atoms with Crippen molar-refractivity contribution in [3.8, 4) is 11.1 Å². The summed E-state index contributed by atoms with van der Waals surface area (Å²) in [6.45, 7) is 0. The van der Waals surface area contributed by atoms with Crippen LogP contribution in [0.2, 0.25) is 20.2 Å². The minimum atomic E-state index is -1.17. The first-order valence-electron chi connectivity index (χ1n) is 4.94. The van der Waals surface area contributed by atoms with E-state index in [1.54, 1.807) is 12.1 Å². The molecule has 7 heteroatoms. The maximum Gasteiger partial charge on any atom is 0.338 e. The van der Waals surface area contributed by atoms with Crippen molar-refractivity contribution in [2.45, 2.75) is 0 Å². The second-order valence-electron chi connectivity index (χ2n) is 3.59. The summed E-state index contributed by atoms with van der Waals surface area (Å²) in [7, 11) is 0. The smallest absolute Gasteiger partial charge is 0.338 e. The molecule has 19 heavy (non-hydrogen) atoms. The summed E-state index contributed by atoms with van der Waals surface area (Å²) < 4.78 is 0. The molecule has 0 aliphatic heterocycles. The number of pyridine rings is 1. The lowest BCUT2D eigenvalue weighted by atomic mass is 10.1. The van der Waals surface area contributed by atoms with Crippen molar-refractivity contribution >= 4 is 52.4 Å². The first kappa shape index (κ1) is 14.4. The zero-order valence-electron chi connectivity index (χ0n) is 9.12. The van der Waals surface area contributed by atoms with E-state index < -0.39 is 5.97 Å². The fourth-order valence-corrected chi connectivity index (χ4v) is 2.32. The highest BCUT2D eigenvalue weighted by atomic mass is 35.5. The number of carboxylic acids is 1. The number of halogens is 4. The second kappa shape index (κ2) is 5.55. The Hall–Kier alpha value is -1.000. The van der Waals surface area contributed by atoms with Gasteiger partial charge >= 0.3 is 5.97 Å². The molecule has 98 valence electrons. The number of hydrogen-bond donors (Lipinski definition) is 1. The summed E-state index contributed by atoms with van der Waals surface area (Å²) in [6, 6.07) is 4.58. The van der Waals surface area contributed by atoms with E-state index in [1.165, 1.54) is 12.3 Å². The van der Waals surface area contributed by atoms with Crippen LogP contribution in [0.25, 0.3) is 11.1 Å². The Labute approximate surface area is 128 Å². The van der Waals surface area contributed by atoms with Crippen LogP contribution in [0.1, 0.15) is 10.4 Å². The summed E-state index contributed by atoms with van der Waals surface area (Å²) in [5.74, 6) is -1.17. The van der Waals surface area contributed by atoms with Crippen LogP contribution in [0.5, 0.6) is 0 Å². The molecule has 0 radical (unpaired) electrons. The molecule has 3 nitrogen and oxygen atoms in total. The molecule has 1 N–H and O–H groups in total. The predicted molar refractivity (Wildman–Crippen MR) is 76.7 cm³/mol. The maximum atomic E-state index is 11.0. The monoisotopic (exact) mass is 335 g/mol. The van der Waals surface area contributed by atoms with Crippen LogP contribution in [-0.2, 0) is 0 Å². The van der Waals surface area contributed by atoms with E-state index in [-0.39, 0.29) is 20.8 Å². The van der Waals surface area contributed by atoms with Crippen molar-refractivity contribution < 1.29 is 9.90 Å². The molecule has 0 unspecified atom stereocenters. The van der Waals surface area contributed by atoms with Gasteiger partial charge in [-0.2, -0.15) is 0 Å². The van der Waals surface area contributed by atoms with Crippen LogP contribution < -0.4 is 0 Å². The Morgan fingerprint density at radius 3 is 2.42 bits per heavy atom. The molecule has 0 atom stereocenters. The van der Waals surface area contributed by atoms with E-state index in [2.05, 4.69) is 4.98 Å². The number of aromatic nitrogens is 1. The lowest BCUT2D eigenvalue weighted by molar-refractivity contribution is 0.0696. The summed E-state index contributed by atoms with van der Waals surface area (Å²) in [5.41, 5.74) is 0.911. The highest BCUT2D eigenvalue weighted by Gasteiger charge is 2.15. The van der Waals surface area contributed by atoms with E-state index in [0.29, 0.717) is 16.1 Å². The zero-order chi connectivity index (χ0) is 14.2. The number of rotatable bonds is 2. The zero-order valence-corrected chi connectivity index (χ0v) is 12.1. The highest BCUT2D eigenvalue weighted by molar-refractivity contribution is 6.49. The highest BCUT2D eigenvalue weighted by Crippen LogP contribution is 2.38. The Kier molecular flexibility index (Phi) is 4.21. The molecular weight excluding hydrogens is 332 g/mol. The van der Waals surface area contributed by atoms with Crippen LogP contribution in [0.3, 0.4) is 0 Å². The predicted octanol–water partition coefficient (Wildman–Crippen LogP) is 5.06. The number of carboxylic acid groups (broad SMARTS) is 1. The largest absolute Gasteiger partial charge is 0.478 e. The van der Waals surface area contributed by atoms with Gasteiger partial charge in [0.2, 0.25) is 0 Å². The van der Waals surface area contributed by atoms with Gasteiger partial charge in [-0.05, 0) is 12.1 Å². The number of nitrogens with zero attached hydrogens (tertiary/aromatic N) is 1.